The van der Waals surface area contributed by atoms with Crippen molar-refractivity contribution in [1.29, 1.82) is 0 Å². The van der Waals surface area contributed by atoms with Gasteiger partial charge in [0.15, 0.2) is 0 Å². The summed E-state index contributed by atoms with van der Waals surface area (Å²) in [6, 6.07) is 8.35. The third-order valence-electron chi connectivity index (χ3n) is 2.68. The van der Waals surface area contributed by atoms with Crippen LogP contribution < -0.4 is 10.5 Å². The number of rotatable bonds is 4. The fraction of sp³-hybridized carbons (Fsp3) is 0.500. The molecule has 0 radical (unpaired) electrons. The molecule has 1 aromatic rings. The molecule has 84 valence electrons. The highest BCUT2D eigenvalue weighted by molar-refractivity contribution is 5.85. The Morgan fingerprint density at radius 1 is 1.47 bits per heavy atom. The highest BCUT2D eigenvalue weighted by Crippen LogP contribution is 2.39. The summed E-state index contributed by atoms with van der Waals surface area (Å²) in [7, 11) is 0. The van der Waals surface area contributed by atoms with Gasteiger partial charge in [0.1, 0.15) is 5.75 Å². The van der Waals surface area contributed by atoms with E-state index in [1.807, 2.05) is 19.1 Å². The zero-order chi connectivity index (χ0) is 9.97. The third kappa shape index (κ3) is 3.11. The first kappa shape index (κ1) is 12.3. The molecule has 1 saturated carbocycles. The predicted octanol–water partition coefficient (Wildman–Crippen LogP) is 2.92. The second kappa shape index (κ2) is 5.38. The maximum atomic E-state index is 6.11. The van der Waals surface area contributed by atoms with Crippen LogP contribution in [-0.4, -0.2) is 6.61 Å². The molecule has 1 aromatic carbocycles. The van der Waals surface area contributed by atoms with E-state index < -0.39 is 0 Å². The second-order valence-corrected chi connectivity index (χ2v) is 3.87. The Kier molecular flexibility index (Phi) is 4.43. The van der Waals surface area contributed by atoms with Gasteiger partial charge in [-0.3, -0.25) is 0 Å². The van der Waals surface area contributed by atoms with Gasteiger partial charge in [0.05, 0.1) is 6.61 Å². The number of hydrogen-bond donors (Lipinski definition) is 1. The van der Waals surface area contributed by atoms with Gasteiger partial charge in [-0.05, 0) is 43.4 Å². The molecule has 0 aliphatic heterocycles. The average Bonchev–Trinajstić information content (AvgIpc) is 3.01. The van der Waals surface area contributed by atoms with Crippen LogP contribution >= 0.6 is 12.4 Å². The normalized spacial score (nSPS) is 16.7. The van der Waals surface area contributed by atoms with Crippen LogP contribution in [0.4, 0.5) is 0 Å². The summed E-state index contributed by atoms with van der Waals surface area (Å²) in [6.45, 7) is 2.70. The lowest BCUT2D eigenvalue weighted by atomic mass is 10.0. The first-order valence-electron chi connectivity index (χ1n) is 5.29. The van der Waals surface area contributed by atoms with Gasteiger partial charge in [-0.2, -0.15) is 0 Å². The van der Waals surface area contributed by atoms with E-state index in [9.17, 15) is 0 Å². The van der Waals surface area contributed by atoms with Crippen molar-refractivity contribution < 1.29 is 4.74 Å². The van der Waals surface area contributed by atoms with E-state index in [2.05, 4.69) is 12.1 Å². The molecular weight excluding hydrogens is 210 g/mol. The molecular formula is C12H18ClNO. The molecule has 3 heteroatoms. The summed E-state index contributed by atoms with van der Waals surface area (Å²) >= 11 is 0. The molecule has 0 heterocycles. The molecule has 1 fully saturated rings. The molecule has 2 nitrogen and oxygen atoms in total. The van der Waals surface area contributed by atoms with Crippen molar-refractivity contribution in [2.24, 2.45) is 11.7 Å². The number of halogens is 1. The van der Waals surface area contributed by atoms with E-state index in [0.717, 1.165) is 5.75 Å². The third-order valence-corrected chi connectivity index (χ3v) is 2.68. The van der Waals surface area contributed by atoms with Crippen LogP contribution in [0.5, 0.6) is 5.75 Å². The van der Waals surface area contributed by atoms with E-state index in [0.29, 0.717) is 12.5 Å². The van der Waals surface area contributed by atoms with Gasteiger partial charge in [-0.1, -0.05) is 12.1 Å². The molecule has 2 N–H and O–H groups in total. The maximum absolute atomic E-state index is 6.11. The van der Waals surface area contributed by atoms with Gasteiger partial charge in [0.25, 0.3) is 0 Å². The first-order chi connectivity index (χ1) is 6.81. The summed E-state index contributed by atoms with van der Waals surface area (Å²) in [5, 5.41) is 0. The SMILES string of the molecule is CCOc1cccc([C@H](N)C2CC2)c1.Cl. The van der Waals surface area contributed by atoms with Crippen LogP contribution in [0, 0.1) is 5.92 Å². The fourth-order valence-corrected chi connectivity index (χ4v) is 1.71. The smallest absolute Gasteiger partial charge is 0.119 e. The van der Waals surface area contributed by atoms with Crippen molar-refractivity contribution in [1.82, 2.24) is 0 Å². The Labute approximate surface area is 97.2 Å². The van der Waals surface area contributed by atoms with Crippen LogP contribution in [0.2, 0.25) is 0 Å². The predicted molar refractivity (Wildman–Crippen MR) is 64.5 cm³/mol. The molecule has 1 aliphatic carbocycles. The van der Waals surface area contributed by atoms with Gasteiger partial charge in [-0.25, -0.2) is 0 Å². The monoisotopic (exact) mass is 227 g/mol. The summed E-state index contributed by atoms with van der Waals surface area (Å²) in [4.78, 5) is 0. The van der Waals surface area contributed by atoms with E-state index in [4.69, 9.17) is 10.5 Å². The average molecular weight is 228 g/mol. The Morgan fingerprint density at radius 2 is 2.20 bits per heavy atom. The van der Waals surface area contributed by atoms with Crippen LogP contribution in [0.1, 0.15) is 31.4 Å². The minimum Gasteiger partial charge on any atom is -0.494 e. The zero-order valence-electron chi connectivity index (χ0n) is 8.98. The minimum absolute atomic E-state index is 0. The van der Waals surface area contributed by atoms with Crippen molar-refractivity contribution in [3.63, 3.8) is 0 Å². The van der Waals surface area contributed by atoms with Gasteiger partial charge in [0, 0.05) is 6.04 Å². The molecule has 0 bridgehead atoms. The van der Waals surface area contributed by atoms with Gasteiger partial charge in [-0.15, -0.1) is 12.4 Å². The maximum Gasteiger partial charge on any atom is 0.119 e. The van der Waals surface area contributed by atoms with Crippen LogP contribution in [0.3, 0.4) is 0 Å². The van der Waals surface area contributed by atoms with Gasteiger partial charge < -0.3 is 10.5 Å². The van der Waals surface area contributed by atoms with Crippen LogP contribution in [-0.2, 0) is 0 Å². The second-order valence-electron chi connectivity index (χ2n) is 3.87. The topological polar surface area (TPSA) is 35.2 Å². The zero-order valence-corrected chi connectivity index (χ0v) is 9.80. The highest BCUT2D eigenvalue weighted by atomic mass is 35.5. The lowest BCUT2D eigenvalue weighted by Gasteiger charge is -2.12. The largest absolute Gasteiger partial charge is 0.494 e. The molecule has 0 aromatic heterocycles. The summed E-state index contributed by atoms with van der Waals surface area (Å²) < 4.78 is 5.44. The molecule has 2 rings (SSSR count). The van der Waals surface area contributed by atoms with Crippen molar-refractivity contribution in [2.45, 2.75) is 25.8 Å². The van der Waals surface area contributed by atoms with Crippen molar-refractivity contribution in [3.8, 4) is 5.75 Å². The van der Waals surface area contributed by atoms with Gasteiger partial charge >= 0.3 is 0 Å². The number of benzene rings is 1. The Hall–Kier alpha value is -0.730. The van der Waals surface area contributed by atoms with Crippen molar-refractivity contribution in [3.05, 3.63) is 29.8 Å². The molecule has 1 atom stereocenters. The molecule has 1 aliphatic rings. The highest BCUT2D eigenvalue weighted by Gasteiger charge is 2.29. The van der Waals surface area contributed by atoms with E-state index in [1.54, 1.807) is 0 Å². The molecule has 0 spiro atoms. The minimum atomic E-state index is 0. The van der Waals surface area contributed by atoms with Crippen LogP contribution in [0.15, 0.2) is 24.3 Å². The molecule has 15 heavy (non-hydrogen) atoms. The van der Waals surface area contributed by atoms with E-state index >= 15 is 0 Å². The van der Waals surface area contributed by atoms with Crippen LogP contribution in [0.25, 0.3) is 0 Å². The van der Waals surface area contributed by atoms with E-state index in [-0.39, 0.29) is 18.4 Å². The lowest BCUT2D eigenvalue weighted by Crippen LogP contribution is -2.12. The summed E-state index contributed by atoms with van der Waals surface area (Å²) in [6.07, 6.45) is 2.56. The first-order valence-corrected chi connectivity index (χ1v) is 5.29. The molecule has 0 unspecified atom stereocenters. The summed E-state index contributed by atoms with van der Waals surface area (Å²) in [5.74, 6) is 1.63. The number of nitrogens with two attached hydrogens (primary N) is 1. The lowest BCUT2D eigenvalue weighted by molar-refractivity contribution is 0.339. The Morgan fingerprint density at radius 3 is 2.80 bits per heavy atom. The Bertz CT molecular complexity index is 312. The van der Waals surface area contributed by atoms with E-state index in [1.165, 1.54) is 18.4 Å². The van der Waals surface area contributed by atoms with Crippen molar-refractivity contribution in [2.75, 3.05) is 6.61 Å². The number of ether oxygens (including phenoxy) is 1. The quantitative estimate of drug-likeness (QED) is 0.859. The molecule has 0 amide bonds. The fourth-order valence-electron chi connectivity index (χ4n) is 1.71. The van der Waals surface area contributed by atoms with Gasteiger partial charge in [0.2, 0.25) is 0 Å². The summed E-state index contributed by atoms with van der Waals surface area (Å²) in [5.41, 5.74) is 7.32. The van der Waals surface area contributed by atoms with Crippen molar-refractivity contribution >= 4 is 12.4 Å². The molecule has 0 saturated heterocycles. The Balaban J connectivity index is 0.00000112. The number of hydrogen-bond acceptors (Lipinski definition) is 2. The standard InChI is InChI=1S/C12H17NO.ClH/c1-2-14-11-5-3-4-10(8-11)12(13)9-6-7-9;/h3-5,8-9,12H,2,6-7,13H2,1H3;1H/t12-;/m1./s1.